The largest absolute Gasteiger partial charge is 0.396 e. The maximum atomic E-state index is 12.3. The van der Waals surface area contributed by atoms with Gasteiger partial charge in [0.25, 0.3) is 0 Å². The minimum atomic E-state index is -3.35. The lowest BCUT2D eigenvalue weighted by Gasteiger charge is -2.30. The Morgan fingerprint density at radius 2 is 1.85 bits per heavy atom. The molecule has 1 N–H and O–H groups in total. The first-order chi connectivity index (χ1) is 9.42. The lowest BCUT2D eigenvalue weighted by Crippen LogP contribution is -2.39. The molecular formula is C13H17Cl2NO3S. The fraction of sp³-hybridized carbons (Fsp3) is 0.538. The van der Waals surface area contributed by atoms with Crippen molar-refractivity contribution in [3.63, 3.8) is 0 Å². The van der Waals surface area contributed by atoms with Crippen molar-refractivity contribution >= 4 is 33.2 Å². The Bertz CT molecular complexity index is 569. The Morgan fingerprint density at radius 3 is 2.40 bits per heavy atom. The Hall–Kier alpha value is -0.330. The van der Waals surface area contributed by atoms with Crippen molar-refractivity contribution in [2.24, 2.45) is 5.92 Å². The zero-order valence-electron chi connectivity index (χ0n) is 10.9. The number of aliphatic hydroxyl groups excluding tert-OH is 1. The number of halogens is 2. The molecule has 1 fully saturated rings. The predicted octanol–water partition coefficient (Wildman–Crippen LogP) is 2.53. The summed E-state index contributed by atoms with van der Waals surface area (Å²) in [4.78, 5) is 0. The van der Waals surface area contributed by atoms with E-state index in [0.717, 1.165) is 0 Å². The van der Waals surface area contributed by atoms with E-state index < -0.39 is 10.0 Å². The highest BCUT2D eigenvalue weighted by molar-refractivity contribution is 7.88. The van der Waals surface area contributed by atoms with E-state index in [0.29, 0.717) is 41.5 Å². The van der Waals surface area contributed by atoms with Crippen LogP contribution in [0.25, 0.3) is 0 Å². The Kier molecular flexibility index (Phi) is 5.31. The Balaban J connectivity index is 2.05. The molecule has 0 aromatic heterocycles. The summed E-state index contributed by atoms with van der Waals surface area (Å²) in [7, 11) is -3.35. The molecule has 0 bridgehead atoms. The maximum Gasteiger partial charge on any atom is 0.218 e. The summed E-state index contributed by atoms with van der Waals surface area (Å²) in [5.41, 5.74) is 0.628. The Labute approximate surface area is 129 Å². The third kappa shape index (κ3) is 3.86. The lowest BCUT2D eigenvalue weighted by atomic mass is 10.00. The van der Waals surface area contributed by atoms with Crippen LogP contribution in [0.2, 0.25) is 10.0 Å². The first-order valence-electron chi connectivity index (χ1n) is 6.45. The summed E-state index contributed by atoms with van der Waals surface area (Å²) in [6.45, 7) is 1.06. The van der Waals surface area contributed by atoms with Gasteiger partial charge >= 0.3 is 0 Å². The fourth-order valence-electron chi connectivity index (χ4n) is 2.30. The SMILES string of the molecule is O=S(=O)(Cc1ccc(Cl)c(Cl)c1)N1CCC(CO)CC1. The molecule has 0 amide bonds. The molecule has 1 saturated heterocycles. The molecule has 112 valence electrons. The van der Waals surface area contributed by atoms with Crippen LogP contribution in [0.4, 0.5) is 0 Å². The summed E-state index contributed by atoms with van der Waals surface area (Å²) in [6.07, 6.45) is 1.41. The second-order valence-electron chi connectivity index (χ2n) is 5.03. The van der Waals surface area contributed by atoms with Gasteiger partial charge in [-0.05, 0) is 36.5 Å². The topological polar surface area (TPSA) is 57.6 Å². The molecule has 1 aliphatic heterocycles. The van der Waals surface area contributed by atoms with Gasteiger partial charge in [-0.1, -0.05) is 29.3 Å². The van der Waals surface area contributed by atoms with Gasteiger partial charge in [-0.15, -0.1) is 0 Å². The zero-order valence-corrected chi connectivity index (χ0v) is 13.3. The average molecular weight is 338 g/mol. The number of rotatable bonds is 4. The van der Waals surface area contributed by atoms with E-state index in [1.54, 1.807) is 18.2 Å². The third-order valence-corrected chi connectivity index (χ3v) is 6.15. The van der Waals surface area contributed by atoms with Gasteiger partial charge in [-0.25, -0.2) is 12.7 Å². The minimum Gasteiger partial charge on any atom is -0.396 e. The van der Waals surface area contributed by atoms with Gasteiger partial charge in [-0.2, -0.15) is 0 Å². The van der Waals surface area contributed by atoms with Gasteiger partial charge in [0.05, 0.1) is 15.8 Å². The van der Waals surface area contributed by atoms with Crippen LogP contribution in [0.1, 0.15) is 18.4 Å². The van der Waals surface area contributed by atoms with Gasteiger partial charge in [0.15, 0.2) is 0 Å². The quantitative estimate of drug-likeness (QED) is 0.918. The summed E-state index contributed by atoms with van der Waals surface area (Å²) in [6, 6.07) is 4.86. The maximum absolute atomic E-state index is 12.3. The van der Waals surface area contributed by atoms with Gasteiger partial charge < -0.3 is 5.11 Å². The van der Waals surface area contributed by atoms with Crippen molar-refractivity contribution in [2.45, 2.75) is 18.6 Å². The molecule has 2 rings (SSSR count). The van der Waals surface area contributed by atoms with Crippen LogP contribution in [-0.4, -0.2) is 37.5 Å². The molecule has 0 aliphatic carbocycles. The van der Waals surface area contributed by atoms with Gasteiger partial charge in [-0.3, -0.25) is 0 Å². The molecule has 20 heavy (non-hydrogen) atoms. The number of benzene rings is 1. The third-order valence-electron chi connectivity index (χ3n) is 3.56. The number of piperidine rings is 1. The molecule has 1 aromatic carbocycles. The monoisotopic (exact) mass is 337 g/mol. The first-order valence-corrected chi connectivity index (χ1v) is 8.81. The van der Waals surface area contributed by atoms with Gasteiger partial charge in [0, 0.05) is 19.7 Å². The number of hydrogen-bond acceptors (Lipinski definition) is 3. The number of hydrogen-bond donors (Lipinski definition) is 1. The minimum absolute atomic E-state index is 0.0757. The fourth-order valence-corrected chi connectivity index (χ4v) is 4.17. The molecule has 1 aromatic rings. The van der Waals surface area contributed by atoms with E-state index in [1.165, 1.54) is 4.31 Å². The standard InChI is InChI=1S/C13H17Cl2NO3S/c14-12-2-1-11(7-13(12)15)9-20(18,19)16-5-3-10(8-17)4-6-16/h1-2,7,10,17H,3-6,8-9H2. The molecule has 0 spiro atoms. The molecule has 4 nitrogen and oxygen atoms in total. The zero-order chi connectivity index (χ0) is 14.8. The molecule has 1 heterocycles. The van der Waals surface area contributed by atoms with E-state index in [1.807, 2.05) is 0 Å². The van der Waals surface area contributed by atoms with E-state index in [9.17, 15) is 8.42 Å². The average Bonchev–Trinajstić information content (AvgIpc) is 2.43. The molecular weight excluding hydrogens is 321 g/mol. The highest BCUT2D eigenvalue weighted by Gasteiger charge is 2.27. The molecule has 1 aliphatic rings. The number of nitrogens with zero attached hydrogens (tertiary/aromatic N) is 1. The van der Waals surface area contributed by atoms with Crippen molar-refractivity contribution in [1.82, 2.24) is 4.31 Å². The van der Waals surface area contributed by atoms with Crippen molar-refractivity contribution in [1.29, 1.82) is 0 Å². The van der Waals surface area contributed by atoms with E-state index in [2.05, 4.69) is 0 Å². The molecule has 0 unspecified atom stereocenters. The van der Waals surface area contributed by atoms with Crippen molar-refractivity contribution in [2.75, 3.05) is 19.7 Å². The normalized spacial score (nSPS) is 18.4. The second-order valence-corrected chi connectivity index (χ2v) is 7.81. The molecule has 0 saturated carbocycles. The number of aliphatic hydroxyl groups is 1. The van der Waals surface area contributed by atoms with Gasteiger partial charge in [0.1, 0.15) is 0 Å². The highest BCUT2D eigenvalue weighted by Crippen LogP contribution is 2.25. The molecule has 0 radical (unpaired) electrons. The van der Waals surface area contributed by atoms with Crippen LogP contribution >= 0.6 is 23.2 Å². The predicted molar refractivity (Wildman–Crippen MR) is 80.5 cm³/mol. The second kappa shape index (κ2) is 6.62. The van der Waals surface area contributed by atoms with Crippen LogP contribution < -0.4 is 0 Å². The van der Waals surface area contributed by atoms with Crippen LogP contribution in [0, 0.1) is 5.92 Å². The smallest absolute Gasteiger partial charge is 0.218 e. The van der Waals surface area contributed by atoms with Crippen molar-refractivity contribution in [3.05, 3.63) is 33.8 Å². The van der Waals surface area contributed by atoms with Crippen molar-refractivity contribution in [3.8, 4) is 0 Å². The molecule has 0 atom stereocenters. The highest BCUT2D eigenvalue weighted by atomic mass is 35.5. The van der Waals surface area contributed by atoms with Crippen LogP contribution in [0.5, 0.6) is 0 Å². The van der Waals surface area contributed by atoms with Gasteiger partial charge in [0.2, 0.25) is 10.0 Å². The van der Waals surface area contributed by atoms with Crippen LogP contribution in [0.3, 0.4) is 0 Å². The summed E-state index contributed by atoms with van der Waals surface area (Å²) in [5.74, 6) is 0.139. The lowest BCUT2D eigenvalue weighted by molar-refractivity contribution is 0.170. The van der Waals surface area contributed by atoms with Crippen LogP contribution in [0.15, 0.2) is 18.2 Å². The summed E-state index contributed by atoms with van der Waals surface area (Å²) in [5, 5.41) is 9.85. The van der Waals surface area contributed by atoms with E-state index >= 15 is 0 Å². The Morgan fingerprint density at radius 1 is 1.20 bits per heavy atom. The molecule has 7 heteroatoms. The number of sulfonamides is 1. The van der Waals surface area contributed by atoms with Crippen molar-refractivity contribution < 1.29 is 13.5 Å². The first kappa shape index (κ1) is 16.0. The van der Waals surface area contributed by atoms with E-state index in [4.69, 9.17) is 28.3 Å². The van der Waals surface area contributed by atoms with Crippen LogP contribution in [-0.2, 0) is 15.8 Å². The summed E-state index contributed by atoms with van der Waals surface area (Å²) >= 11 is 11.7. The van der Waals surface area contributed by atoms with E-state index in [-0.39, 0.29) is 18.3 Å². The summed E-state index contributed by atoms with van der Waals surface area (Å²) < 4.78 is 26.2.